The molecule has 124 valence electrons. The van der Waals surface area contributed by atoms with Gasteiger partial charge in [0.1, 0.15) is 0 Å². The molecule has 2 N–H and O–H groups in total. The zero-order valence-corrected chi connectivity index (χ0v) is 13.9. The lowest BCUT2D eigenvalue weighted by Gasteiger charge is -2.32. The van der Waals surface area contributed by atoms with Gasteiger partial charge in [-0.1, -0.05) is 31.2 Å². The summed E-state index contributed by atoms with van der Waals surface area (Å²) in [6, 6.07) is 12.6. The second-order valence-corrected chi connectivity index (χ2v) is 8.12. The highest BCUT2D eigenvalue weighted by Crippen LogP contribution is 2.31. The summed E-state index contributed by atoms with van der Waals surface area (Å²) < 4.78 is 27.5. The van der Waals surface area contributed by atoms with Crippen molar-refractivity contribution < 1.29 is 8.42 Å². The lowest BCUT2D eigenvalue weighted by atomic mass is 9.92. The second kappa shape index (κ2) is 5.32. The number of aromatic amines is 2. The summed E-state index contributed by atoms with van der Waals surface area (Å²) >= 11 is 0. The Bertz CT molecular complexity index is 1080. The molecule has 1 aromatic heterocycles. The topological polar surface area (TPSA) is 86.0 Å². The predicted octanol–water partition coefficient (Wildman–Crippen LogP) is 2.16. The molecule has 0 radical (unpaired) electrons. The standard InChI is InChI=1S/C17H17N3O3S/c1-11-9-20(10-12-4-2-3-5-14(11)12)24(22,23)13-6-7-15-16(8-13)19-17(21)18-15/h2-8,11H,9-10H2,1H3,(H2,18,19,21). The fourth-order valence-electron chi connectivity index (χ4n) is 3.32. The van der Waals surface area contributed by atoms with Gasteiger partial charge in [0.05, 0.1) is 15.9 Å². The second-order valence-electron chi connectivity index (χ2n) is 6.18. The minimum Gasteiger partial charge on any atom is -0.306 e. The number of imidazole rings is 1. The van der Waals surface area contributed by atoms with Gasteiger partial charge in [-0.2, -0.15) is 4.31 Å². The number of nitrogens with zero attached hydrogens (tertiary/aromatic N) is 1. The van der Waals surface area contributed by atoms with Crippen molar-refractivity contribution in [1.82, 2.24) is 14.3 Å². The molecule has 1 aliphatic heterocycles. The molecule has 4 rings (SSSR count). The van der Waals surface area contributed by atoms with Crippen molar-refractivity contribution in [2.24, 2.45) is 0 Å². The molecule has 6 nitrogen and oxygen atoms in total. The van der Waals surface area contributed by atoms with Crippen LogP contribution < -0.4 is 5.69 Å². The maximum Gasteiger partial charge on any atom is 0.323 e. The molecule has 3 aromatic rings. The highest BCUT2D eigenvalue weighted by molar-refractivity contribution is 7.89. The summed E-state index contributed by atoms with van der Waals surface area (Å²) in [5, 5.41) is 0. The van der Waals surface area contributed by atoms with Crippen LogP contribution in [0.4, 0.5) is 0 Å². The van der Waals surface area contributed by atoms with Gasteiger partial charge in [-0.15, -0.1) is 0 Å². The summed E-state index contributed by atoms with van der Waals surface area (Å²) in [6.45, 7) is 2.85. The fourth-order valence-corrected chi connectivity index (χ4v) is 4.86. The number of hydrogen-bond donors (Lipinski definition) is 2. The SMILES string of the molecule is CC1CN(S(=O)(=O)c2ccc3[nH]c(=O)[nH]c3c2)Cc2ccccc21. The van der Waals surface area contributed by atoms with Gasteiger partial charge < -0.3 is 9.97 Å². The largest absolute Gasteiger partial charge is 0.323 e. The molecular weight excluding hydrogens is 326 g/mol. The van der Waals surface area contributed by atoms with Crippen LogP contribution in [0.5, 0.6) is 0 Å². The normalized spacial score (nSPS) is 18.6. The van der Waals surface area contributed by atoms with Gasteiger partial charge in [0.2, 0.25) is 10.0 Å². The van der Waals surface area contributed by atoms with E-state index in [1.807, 2.05) is 25.1 Å². The Labute approximate surface area is 139 Å². The number of aromatic nitrogens is 2. The van der Waals surface area contributed by atoms with E-state index in [4.69, 9.17) is 0 Å². The zero-order valence-electron chi connectivity index (χ0n) is 13.1. The van der Waals surface area contributed by atoms with Crippen LogP contribution in [-0.4, -0.2) is 29.2 Å². The molecule has 0 aliphatic carbocycles. The van der Waals surface area contributed by atoms with Crippen molar-refractivity contribution in [3.8, 4) is 0 Å². The number of fused-ring (bicyclic) bond motifs is 2. The van der Waals surface area contributed by atoms with Gasteiger partial charge in [-0.25, -0.2) is 13.2 Å². The number of hydrogen-bond acceptors (Lipinski definition) is 3. The summed E-state index contributed by atoms with van der Waals surface area (Å²) in [5.74, 6) is 0.139. The third kappa shape index (κ3) is 2.37. The summed E-state index contributed by atoms with van der Waals surface area (Å²) in [5.41, 5.74) is 2.98. The maximum absolute atomic E-state index is 13.0. The fraction of sp³-hybridized carbons (Fsp3) is 0.235. The van der Waals surface area contributed by atoms with E-state index in [9.17, 15) is 13.2 Å². The molecule has 0 amide bonds. The zero-order chi connectivity index (χ0) is 16.9. The molecular formula is C17H17N3O3S. The molecule has 0 fully saturated rings. The van der Waals surface area contributed by atoms with Crippen molar-refractivity contribution in [1.29, 1.82) is 0 Å². The van der Waals surface area contributed by atoms with Gasteiger partial charge in [-0.05, 0) is 35.2 Å². The molecule has 1 atom stereocenters. The Morgan fingerprint density at radius 1 is 1.08 bits per heavy atom. The van der Waals surface area contributed by atoms with Gasteiger partial charge in [0.25, 0.3) is 0 Å². The highest BCUT2D eigenvalue weighted by atomic mass is 32.2. The van der Waals surface area contributed by atoms with Crippen LogP contribution in [-0.2, 0) is 16.6 Å². The summed E-state index contributed by atoms with van der Waals surface area (Å²) in [7, 11) is -3.62. The van der Waals surface area contributed by atoms with Crippen molar-refractivity contribution in [2.45, 2.75) is 24.3 Å². The maximum atomic E-state index is 13.0. The molecule has 0 bridgehead atoms. The van der Waals surface area contributed by atoms with Crippen LogP contribution in [0.15, 0.2) is 52.2 Å². The molecule has 24 heavy (non-hydrogen) atoms. The monoisotopic (exact) mass is 343 g/mol. The van der Waals surface area contributed by atoms with Crippen LogP contribution in [0.2, 0.25) is 0 Å². The quantitative estimate of drug-likeness (QED) is 0.748. The highest BCUT2D eigenvalue weighted by Gasteiger charge is 2.31. The third-order valence-corrected chi connectivity index (χ3v) is 6.34. The molecule has 2 aromatic carbocycles. The molecule has 1 aliphatic rings. The first-order valence-corrected chi connectivity index (χ1v) is 9.19. The smallest absolute Gasteiger partial charge is 0.306 e. The minimum absolute atomic E-state index is 0.139. The van der Waals surface area contributed by atoms with Crippen LogP contribution in [0, 0.1) is 0 Å². The van der Waals surface area contributed by atoms with Crippen molar-refractivity contribution in [3.05, 3.63) is 64.1 Å². The summed E-state index contributed by atoms with van der Waals surface area (Å²) in [4.78, 5) is 16.8. The first kappa shape index (κ1) is 15.2. The Hall–Kier alpha value is -2.38. The number of rotatable bonds is 2. The van der Waals surface area contributed by atoms with Crippen molar-refractivity contribution >= 4 is 21.1 Å². The van der Waals surface area contributed by atoms with E-state index in [2.05, 4.69) is 16.0 Å². The molecule has 0 saturated carbocycles. The van der Waals surface area contributed by atoms with E-state index in [-0.39, 0.29) is 16.5 Å². The number of benzene rings is 2. The van der Waals surface area contributed by atoms with Crippen molar-refractivity contribution in [3.63, 3.8) is 0 Å². The molecule has 2 heterocycles. The lowest BCUT2D eigenvalue weighted by Crippen LogP contribution is -2.37. The van der Waals surface area contributed by atoms with Gasteiger partial charge >= 0.3 is 5.69 Å². The lowest BCUT2D eigenvalue weighted by molar-refractivity contribution is 0.363. The molecule has 0 spiro atoms. The molecule has 1 unspecified atom stereocenters. The third-order valence-electron chi connectivity index (χ3n) is 4.54. The molecule has 0 saturated heterocycles. The number of H-pyrrole nitrogens is 2. The van der Waals surface area contributed by atoms with E-state index in [0.29, 0.717) is 24.1 Å². The molecule has 7 heteroatoms. The Kier molecular flexibility index (Phi) is 3.36. The average Bonchev–Trinajstić information content (AvgIpc) is 2.94. The number of sulfonamides is 1. The van der Waals surface area contributed by atoms with E-state index in [0.717, 1.165) is 5.56 Å². The average molecular weight is 343 g/mol. The Balaban J connectivity index is 1.75. The van der Waals surface area contributed by atoms with E-state index < -0.39 is 10.0 Å². The van der Waals surface area contributed by atoms with Gasteiger partial charge in [-0.3, -0.25) is 0 Å². The Morgan fingerprint density at radius 3 is 2.67 bits per heavy atom. The van der Waals surface area contributed by atoms with E-state index in [1.165, 1.54) is 22.0 Å². The van der Waals surface area contributed by atoms with Crippen LogP contribution in [0.25, 0.3) is 11.0 Å². The van der Waals surface area contributed by atoms with Gasteiger partial charge in [0.15, 0.2) is 0 Å². The first-order valence-electron chi connectivity index (χ1n) is 7.75. The van der Waals surface area contributed by atoms with Crippen LogP contribution >= 0.6 is 0 Å². The van der Waals surface area contributed by atoms with Crippen LogP contribution in [0.3, 0.4) is 0 Å². The van der Waals surface area contributed by atoms with Crippen LogP contribution in [0.1, 0.15) is 24.0 Å². The van der Waals surface area contributed by atoms with E-state index >= 15 is 0 Å². The van der Waals surface area contributed by atoms with Crippen molar-refractivity contribution in [2.75, 3.05) is 6.54 Å². The Morgan fingerprint density at radius 2 is 1.83 bits per heavy atom. The minimum atomic E-state index is -3.62. The number of nitrogens with one attached hydrogen (secondary N) is 2. The predicted molar refractivity (Wildman–Crippen MR) is 91.4 cm³/mol. The van der Waals surface area contributed by atoms with E-state index in [1.54, 1.807) is 6.07 Å². The first-order chi connectivity index (χ1) is 11.4. The summed E-state index contributed by atoms with van der Waals surface area (Å²) in [6.07, 6.45) is 0. The van der Waals surface area contributed by atoms with Gasteiger partial charge in [0, 0.05) is 13.1 Å².